The van der Waals surface area contributed by atoms with Crippen molar-refractivity contribution in [1.82, 2.24) is 9.88 Å². The van der Waals surface area contributed by atoms with Crippen LogP contribution in [0, 0.1) is 5.92 Å². The number of nitrogens with zero attached hydrogens (tertiary/aromatic N) is 1. The van der Waals surface area contributed by atoms with Crippen LogP contribution in [0.1, 0.15) is 24.8 Å². The van der Waals surface area contributed by atoms with Gasteiger partial charge in [-0.25, -0.2) is 0 Å². The molecule has 0 aliphatic carbocycles. The predicted molar refractivity (Wildman–Crippen MR) is 104 cm³/mol. The van der Waals surface area contributed by atoms with Gasteiger partial charge < -0.3 is 15.2 Å². The first kappa shape index (κ1) is 15.7. The fraction of sp³-hybridized carbons (Fsp3) is 0.400. The zero-order valence-electron chi connectivity index (χ0n) is 14.2. The molecule has 0 radical (unpaired) electrons. The van der Waals surface area contributed by atoms with Crippen molar-refractivity contribution in [2.24, 2.45) is 5.92 Å². The average Bonchev–Trinajstić information content (AvgIpc) is 3.17. The normalized spacial score (nSPS) is 16.7. The van der Waals surface area contributed by atoms with E-state index in [0.717, 1.165) is 18.2 Å². The lowest BCUT2D eigenvalue weighted by molar-refractivity contribution is 0.212. The molecular weight excluding hydrogens is 314 g/mol. The number of rotatable bonds is 5. The second kappa shape index (κ2) is 6.99. The van der Waals surface area contributed by atoms with E-state index in [1.54, 1.807) is 11.3 Å². The summed E-state index contributed by atoms with van der Waals surface area (Å²) in [5.41, 5.74) is 3.88. The summed E-state index contributed by atoms with van der Waals surface area (Å²) >= 11 is 1.78. The van der Waals surface area contributed by atoms with E-state index in [4.69, 9.17) is 0 Å². The van der Waals surface area contributed by atoms with Crippen LogP contribution in [-0.2, 0) is 6.42 Å². The maximum atomic E-state index is 3.59. The van der Waals surface area contributed by atoms with Crippen molar-refractivity contribution in [1.29, 1.82) is 0 Å². The standard InChI is InChI=1S/C20H25N3S/c1-23-11-8-15(9-12-23)6-7-16-4-2-3-5-17(16)21-20-14-19-18(22-20)10-13-24-19/h2-5,10,13-15,21-22H,6-9,11-12H2,1H3. The molecule has 1 aliphatic rings. The number of benzene rings is 1. The number of piperidine rings is 1. The fourth-order valence-corrected chi connectivity index (χ4v) is 4.41. The number of aromatic nitrogens is 1. The van der Waals surface area contributed by atoms with Gasteiger partial charge in [0.15, 0.2) is 0 Å². The van der Waals surface area contributed by atoms with Crippen LogP contribution in [0.4, 0.5) is 11.5 Å². The number of fused-ring (bicyclic) bond motifs is 1. The third kappa shape index (κ3) is 3.50. The quantitative estimate of drug-likeness (QED) is 0.665. The molecule has 0 spiro atoms. The number of aryl methyl sites for hydroxylation is 1. The molecule has 0 bridgehead atoms. The molecule has 126 valence electrons. The Bertz CT molecular complexity index is 767. The van der Waals surface area contributed by atoms with E-state index in [2.05, 4.69) is 64.0 Å². The van der Waals surface area contributed by atoms with Gasteiger partial charge in [0, 0.05) is 5.69 Å². The maximum absolute atomic E-state index is 3.59. The number of aromatic amines is 1. The molecule has 3 nitrogen and oxygen atoms in total. The highest BCUT2D eigenvalue weighted by Gasteiger charge is 2.17. The number of H-pyrrole nitrogens is 1. The lowest BCUT2D eigenvalue weighted by Crippen LogP contribution is -2.30. The van der Waals surface area contributed by atoms with Crippen LogP contribution in [0.5, 0.6) is 0 Å². The summed E-state index contributed by atoms with van der Waals surface area (Å²) in [6, 6.07) is 13.1. The van der Waals surface area contributed by atoms with E-state index in [0.29, 0.717) is 0 Å². The van der Waals surface area contributed by atoms with Crippen LogP contribution in [0.2, 0.25) is 0 Å². The topological polar surface area (TPSA) is 31.1 Å². The summed E-state index contributed by atoms with van der Waals surface area (Å²) in [5, 5.41) is 5.71. The summed E-state index contributed by atoms with van der Waals surface area (Å²) in [6.45, 7) is 2.51. The van der Waals surface area contributed by atoms with Gasteiger partial charge >= 0.3 is 0 Å². The Kier molecular flexibility index (Phi) is 4.58. The zero-order valence-corrected chi connectivity index (χ0v) is 15.0. The Morgan fingerprint density at radius 1 is 1.21 bits per heavy atom. The molecule has 3 aromatic rings. The summed E-state index contributed by atoms with van der Waals surface area (Å²) in [6.07, 6.45) is 5.15. The third-order valence-electron chi connectivity index (χ3n) is 5.19. The molecule has 4 heteroatoms. The minimum atomic E-state index is 0.880. The van der Waals surface area contributed by atoms with Gasteiger partial charge in [-0.1, -0.05) is 18.2 Å². The first-order chi connectivity index (χ1) is 11.8. The van der Waals surface area contributed by atoms with Gasteiger partial charge in [0.2, 0.25) is 0 Å². The Labute approximate surface area is 147 Å². The Morgan fingerprint density at radius 3 is 2.88 bits per heavy atom. The number of para-hydroxylation sites is 1. The molecule has 1 aromatic carbocycles. The SMILES string of the molecule is CN1CCC(CCc2ccccc2Nc2cc3sccc3[nH]2)CC1. The van der Waals surface area contributed by atoms with E-state index >= 15 is 0 Å². The minimum absolute atomic E-state index is 0.880. The average molecular weight is 340 g/mol. The van der Waals surface area contributed by atoms with Crippen LogP contribution in [0.25, 0.3) is 10.2 Å². The molecule has 3 heterocycles. The van der Waals surface area contributed by atoms with Gasteiger partial charge in [0.05, 0.1) is 10.2 Å². The first-order valence-electron chi connectivity index (χ1n) is 8.87. The molecule has 1 aliphatic heterocycles. The molecule has 0 atom stereocenters. The number of hydrogen-bond donors (Lipinski definition) is 2. The molecule has 0 unspecified atom stereocenters. The van der Waals surface area contributed by atoms with Crippen LogP contribution in [-0.4, -0.2) is 30.0 Å². The Balaban J connectivity index is 1.43. The van der Waals surface area contributed by atoms with Crippen molar-refractivity contribution in [3.05, 3.63) is 47.3 Å². The Hall–Kier alpha value is -1.78. The maximum Gasteiger partial charge on any atom is 0.109 e. The van der Waals surface area contributed by atoms with Crippen molar-refractivity contribution in [2.75, 3.05) is 25.5 Å². The highest BCUT2D eigenvalue weighted by Crippen LogP contribution is 2.29. The summed E-state index contributed by atoms with van der Waals surface area (Å²) < 4.78 is 1.31. The highest BCUT2D eigenvalue weighted by molar-refractivity contribution is 7.17. The molecular formula is C20H25N3S. The lowest BCUT2D eigenvalue weighted by Gasteiger charge is -2.29. The second-order valence-corrected chi connectivity index (χ2v) is 7.90. The summed E-state index contributed by atoms with van der Waals surface area (Å²) in [7, 11) is 2.23. The van der Waals surface area contributed by atoms with Crippen molar-refractivity contribution in [3.63, 3.8) is 0 Å². The smallest absolute Gasteiger partial charge is 0.109 e. The van der Waals surface area contributed by atoms with Gasteiger partial charge in [-0.2, -0.15) is 0 Å². The molecule has 24 heavy (non-hydrogen) atoms. The molecule has 1 saturated heterocycles. The number of nitrogens with one attached hydrogen (secondary N) is 2. The van der Waals surface area contributed by atoms with E-state index in [9.17, 15) is 0 Å². The van der Waals surface area contributed by atoms with E-state index in [-0.39, 0.29) is 0 Å². The first-order valence-corrected chi connectivity index (χ1v) is 9.75. The van der Waals surface area contributed by atoms with Gasteiger partial charge in [-0.05, 0) is 80.9 Å². The van der Waals surface area contributed by atoms with Crippen LogP contribution in [0.15, 0.2) is 41.8 Å². The zero-order chi connectivity index (χ0) is 16.4. The van der Waals surface area contributed by atoms with Gasteiger partial charge in [0.25, 0.3) is 0 Å². The molecule has 4 rings (SSSR count). The van der Waals surface area contributed by atoms with Gasteiger partial charge in [-0.15, -0.1) is 11.3 Å². The summed E-state index contributed by atoms with van der Waals surface area (Å²) in [4.78, 5) is 5.90. The number of likely N-dealkylation sites (tertiary alicyclic amines) is 1. The largest absolute Gasteiger partial charge is 0.342 e. The molecule has 2 N–H and O–H groups in total. The molecule has 1 fully saturated rings. The van der Waals surface area contributed by atoms with Gasteiger partial charge in [0.1, 0.15) is 5.82 Å². The molecule has 0 saturated carbocycles. The number of thiophene rings is 1. The lowest BCUT2D eigenvalue weighted by atomic mass is 9.90. The second-order valence-electron chi connectivity index (χ2n) is 6.95. The number of hydrogen-bond acceptors (Lipinski definition) is 3. The van der Waals surface area contributed by atoms with E-state index < -0.39 is 0 Å². The van der Waals surface area contributed by atoms with E-state index in [1.807, 2.05) is 0 Å². The number of anilines is 2. The van der Waals surface area contributed by atoms with Crippen LogP contribution >= 0.6 is 11.3 Å². The van der Waals surface area contributed by atoms with Crippen LogP contribution < -0.4 is 5.32 Å². The minimum Gasteiger partial charge on any atom is -0.342 e. The van der Waals surface area contributed by atoms with Gasteiger partial charge in [-0.3, -0.25) is 0 Å². The Morgan fingerprint density at radius 2 is 2.04 bits per heavy atom. The van der Waals surface area contributed by atoms with Crippen molar-refractivity contribution in [3.8, 4) is 0 Å². The van der Waals surface area contributed by atoms with E-state index in [1.165, 1.54) is 53.8 Å². The van der Waals surface area contributed by atoms with Crippen LogP contribution in [0.3, 0.4) is 0 Å². The highest BCUT2D eigenvalue weighted by atomic mass is 32.1. The summed E-state index contributed by atoms with van der Waals surface area (Å²) in [5.74, 6) is 1.97. The van der Waals surface area contributed by atoms with Crippen molar-refractivity contribution >= 4 is 33.1 Å². The molecule has 0 amide bonds. The fourth-order valence-electron chi connectivity index (χ4n) is 3.63. The van der Waals surface area contributed by atoms with Crippen molar-refractivity contribution in [2.45, 2.75) is 25.7 Å². The monoisotopic (exact) mass is 339 g/mol. The molecule has 2 aromatic heterocycles. The van der Waals surface area contributed by atoms with Crippen molar-refractivity contribution < 1.29 is 0 Å². The predicted octanol–water partition coefficient (Wildman–Crippen LogP) is 5.25. The third-order valence-corrected chi connectivity index (χ3v) is 6.05.